The van der Waals surface area contributed by atoms with Crippen LogP contribution in [0, 0.1) is 4.77 Å². The number of nitrogens with one attached hydrogen (secondary N) is 1. The molecule has 2 aromatic rings. The van der Waals surface area contributed by atoms with Crippen LogP contribution in [0.15, 0.2) is 18.2 Å². The summed E-state index contributed by atoms with van der Waals surface area (Å²) < 4.78 is 12.2. The molecule has 7 heteroatoms. The second-order valence-corrected chi connectivity index (χ2v) is 4.06. The highest BCUT2D eigenvalue weighted by Gasteiger charge is 2.10. The Morgan fingerprint density at radius 1 is 1.39 bits per heavy atom. The molecule has 2 rings (SSSR count). The van der Waals surface area contributed by atoms with Crippen LogP contribution in [0.5, 0.6) is 11.5 Å². The maximum absolute atomic E-state index is 5.76. The van der Waals surface area contributed by atoms with E-state index in [-0.39, 0.29) is 0 Å². The second-order valence-electron chi connectivity index (χ2n) is 3.67. The van der Waals surface area contributed by atoms with E-state index < -0.39 is 0 Å². The van der Waals surface area contributed by atoms with Gasteiger partial charge in [0, 0.05) is 12.0 Å². The third-order valence-corrected chi connectivity index (χ3v) is 2.90. The highest BCUT2D eigenvalue weighted by atomic mass is 32.1. The number of hydrogen-bond donors (Lipinski definition) is 2. The highest BCUT2D eigenvalue weighted by Crippen LogP contribution is 2.25. The molecule has 1 aromatic carbocycles. The Kier molecular flexibility index (Phi) is 3.52. The zero-order valence-corrected chi connectivity index (χ0v) is 11.0. The number of nitrogens with zero attached hydrogens (tertiary/aromatic N) is 2. The van der Waals surface area contributed by atoms with E-state index in [0.717, 1.165) is 17.1 Å². The molecule has 0 fully saturated rings. The van der Waals surface area contributed by atoms with Crippen LogP contribution in [0.3, 0.4) is 0 Å². The predicted molar refractivity (Wildman–Crippen MR) is 69.9 cm³/mol. The first-order chi connectivity index (χ1) is 8.65. The van der Waals surface area contributed by atoms with E-state index in [1.807, 2.05) is 18.2 Å². The van der Waals surface area contributed by atoms with Crippen LogP contribution >= 0.6 is 12.2 Å². The van der Waals surface area contributed by atoms with Crippen molar-refractivity contribution in [2.45, 2.75) is 6.42 Å². The van der Waals surface area contributed by atoms with Crippen molar-refractivity contribution in [2.24, 2.45) is 0 Å². The Hall–Kier alpha value is -2.02. The lowest BCUT2D eigenvalue weighted by atomic mass is 10.1. The standard InChI is InChI=1S/C11H14N4O2S/c1-16-8-3-4-9(17-2)7(5-8)6-10-13-14-11(18)15(10)12/h3-5H,6,12H2,1-2H3,(H,14,18). The number of aromatic amines is 1. The van der Waals surface area contributed by atoms with Crippen molar-refractivity contribution in [1.29, 1.82) is 0 Å². The van der Waals surface area contributed by atoms with Crippen molar-refractivity contribution in [3.05, 3.63) is 34.4 Å². The molecule has 0 unspecified atom stereocenters. The molecule has 18 heavy (non-hydrogen) atoms. The van der Waals surface area contributed by atoms with E-state index in [9.17, 15) is 0 Å². The molecule has 96 valence electrons. The Bertz CT molecular complexity index is 605. The summed E-state index contributed by atoms with van der Waals surface area (Å²) in [6.45, 7) is 0. The fraction of sp³-hybridized carbons (Fsp3) is 0.273. The predicted octanol–water partition coefficient (Wildman–Crippen LogP) is 1.26. The molecule has 0 radical (unpaired) electrons. The molecular weight excluding hydrogens is 252 g/mol. The molecule has 0 saturated heterocycles. The molecule has 1 heterocycles. The number of rotatable bonds is 4. The number of nitrogen functional groups attached to an aromatic ring is 1. The summed E-state index contributed by atoms with van der Waals surface area (Å²) in [4.78, 5) is 0. The third kappa shape index (κ3) is 2.30. The van der Waals surface area contributed by atoms with Gasteiger partial charge in [-0.1, -0.05) is 0 Å². The van der Waals surface area contributed by atoms with E-state index in [1.54, 1.807) is 14.2 Å². The largest absolute Gasteiger partial charge is 0.497 e. The van der Waals surface area contributed by atoms with Crippen molar-refractivity contribution < 1.29 is 9.47 Å². The van der Waals surface area contributed by atoms with E-state index in [2.05, 4.69) is 10.2 Å². The fourth-order valence-corrected chi connectivity index (χ4v) is 1.80. The molecule has 0 atom stereocenters. The van der Waals surface area contributed by atoms with Crippen LogP contribution in [-0.4, -0.2) is 29.1 Å². The Morgan fingerprint density at radius 2 is 2.17 bits per heavy atom. The van der Waals surface area contributed by atoms with Crippen molar-refractivity contribution in [2.75, 3.05) is 20.1 Å². The summed E-state index contributed by atoms with van der Waals surface area (Å²) >= 11 is 4.96. The Labute approximate surface area is 109 Å². The van der Waals surface area contributed by atoms with Crippen LogP contribution < -0.4 is 15.3 Å². The normalized spacial score (nSPS) is 10.3. The summed E-state index contributed by atoms with van der Waals surface area (Å²) in [6, 6.07) is 5.56. The molecule has 3 N–H and O–H groups in total. The van der Waals surface area contributed by atoms with Crippen molar-refractivity contribution in [3.63, 3.8) is 0 Å². The smallest absolute Gasteiger partial charge is 0.214 e. The van der Waals surface area contributed by atoms with E-state index in [1.165, 1.54) is 4.68 Å². The number of aromatic nitrogens is 3. The molecule has 0 spiro atoms. The highest BCUT2D eigenvalue weighted by molar-refractivity contribution is 7.71. The maximum Gasteiger partial charge on any atom is 0.214 e. The number of benzene rings is 1. The molecule has 0 saturated carbocycles. The van der Waals surface area contributed by atoms with Gasteiger partial charge in [0.25, 0.3) is 0 Å². The average Bonchev–Trinajstić information content (AvgIpc) is 2.70. The zero-order valence-electron chi connectivity index (χ0n) is 10.1. The van der Waals surface area contributed by atoms with Crippen LogP contribution in [0.4, 0.5) is 0 Å². The van der Waals surface area contributed by atoms with Gasteiger partial charge in [-0.05, 0) is 30.4 Å². The van der Waals surface area contributed by atoms with Gasteiger partial charge >= 0.3 is 0 Å². The summed E-state index contributed by atoms with van der Waals surface area (Å²) in [5.74, 6) is 7.90. The number of ether oxygens (including phenoxy) is 2. The topological polar surface area (TPSA) is 78.1 Å². The number of hydrogen-bond acceptors (Lipinski definition) is 5. The number of nitrogens with two attached hydrogens (primary N) is 1. The van der Waals surface area contributed by atoms with Crippen LogP contribution in [0.25, 0.3) is 0 Å². The fourth-order valence-electron chi connectivity index (χ4n) is 1.65. The quantitative estimate of drug-likeness (QED) is 0.643. The van der Waals surface area contributed by atoms with E-state index in [0.29, 0.717) is 17.0 Å². The Balaban J connectivity index is 2.38. The van der Waals surface area contributed by atoms with Gasteiger partial charge in [0.2, 0.25) is 4.77 Å². The first-order valence-corrected chi connectivity index (χ1v) is 5.68. The van der Waals surface area contributed by atoms with Crippen molar-refractivity contribution in [1.82, 2.24) is 14.9 Å². The summed E-state index contributed by atoms with van der Waals surface area (Å²) in [7, 11) is 3.23. The second kappa shape index (κ2) is 5.09. The van der Waals surface area contributed by atoms with Gasteiger partial charge in [-0.3, -0.25) is 5.10 Å². The Morgan fingerprint density at radius 3 is 2.72 bits per heavy atom. The van der Waals surface area contributed by atoms with Crippen molar-refractivity contribution in [3.8, 4) is 11.5 Å². The zero-order chi connectivity index (χ0) is 13.1. The number of methoxy groups -OCH3 is 2. The van der Waals surface area contributed by atoms with Crippen LogP contribution in [0.1, 0.15) is 11.4 Å². The molecule has 6 nitrogen and oxygen atoms in total. The molecule has 0 amide bonds. The van der Waals surface area contributed by atoms with Gasteiger partial charge in [0.05, 0.1) is 14.2 Å². The third-order valence-electron chi connectivity index (χ3n) is 2.61. The SMILES string of the molecule is COc1ccc(OC)c(Cc2n[nH]c(=S)n2N)c1. The first kappa shape index (κ1) is 12.4. The molecule has 0 bridgehead atoms. The van der Waals surface area contributed by atoms with Gasteiger partial charge < -0.3 is 15.3 Å². The van der Waals surface area contributed by atoms with E-state index >= 15 is 0 Å². The van der Waals surface area contributed by atoms with Gasteiger partial charge in [-0.15, -0.1) is 0 Å². The van der Waals surface area contributed by atoms with Crippen LogP contribution in [-0.2, 0) is 6.42 Å². The lowest BCUT2D eigenvalue weighted by Gasteiger charge is -2.09. The molecule has 0 aliphatic rings. The molecule has 0 aliphatic heterocycles. The first-order valence-electron chi connectivity index (χ1n) is 5.28. The molecular formula is C11H14N4O2S. The van der Waals surface area contributed by atoms with Crippen LogP contribution in [0.2, 0.25) is 0 Å². The average molecular weight is 266 g/mol. The summed E-state index contributed by atoms with van der Waals surface area (Å²) in [5.41, 5.74) is 0.928. The van der Waals surface area contributed by atoms with Gasteiger partial charge in [-0.25, -0.2) is 4.68 Å². The van der Waals surface area contributed by atoms with E-state index in [4.69, 9.17) is 27.5 Å². The van der Waals surface area contributed by atoms with Gasteiger partial charge in [0.15, 0.2) is 5.82 Å². The van der Waals surface area contributed by atoms with Gasteiger partial charge in [0.1, 0.15) is 11.5 Å². The maximum atomic E-state index is 5.76. The minimum Gasteiger partial charge on any atom is -0.497 e. The molecule has 0 aliphatic carbocycles. The summed E-state index contributed by atoms with van der Waals surface area (Å²) in [6.07, 6.45) is 0.504. The van der Waals surface area contributed by atoms with Crippen molar-refractivity contribution >= 4 is 12.2 Å². The monoisotopic (exact) mass is 266 g/mol. The van der Waals surface area contributed by atoms with Gasteiger partial charge in [-0.2, -0.15) is 5.10 Å². The molecule has 1 aromatic heterocycles. The summed E-state index contributed by atoms with van der Waals surface area (Å²) in [5, 5.41) is 6.71. The minimum absolute atomic E-state index is 0.381. The minimum atomic E-state index is 0.381. The number of H-pyrrole nitrogens is 1. The lowest BCUT2D eigenvalue weighted by Crippen LogP contribution is -2.13. The lowest BCUT2D eigenvalue weighted by molar-refractivity contribution is 0.399.